The first-order valence-electron chi connectivity index (χ1n) is 4.20. The van der Waals surface area contributed by atoms with Gasteiger partial charge in [-0.3, -0.25) is 0 Å². The van der Waals surface area contributed by atoms with Gasteiger partial charge in [0.05, 0.1) is 0 Å². The first-order chi connectivity index (χ1) is 7.10. The minimum absolute atomic E-state index is 0.0591. The van der Waals surface area contributed by atoms with Crippen LogP contribution in [0.1, 0.15) is 11.3 Å². The monoisotopic (exact) mass is 246 g/mol. The Kier molecular flexibility index (Phi) is 4.23. The molecular weight excluding hydrogens is 236 g/mol. The Hall–Kier alpha value is -0.940. The van der Waals surface area contributed by atoms with E-state index in [2.05, 4.69) is 4.72 Å². The van der Waals surface area contributed by atoms with E-state index in [1.807, 2.05) is 6.07 Å². The lowest BCUT2D eigenvalue weighted by atomic mass is 10.5. The maximum absolute atomic E-state index is 11.5. The van der Waals surface area contributed by atoms with Gasteiger partial charge in [-0.15, -0.1) is 11.3 Å². The topological polar surface area (TPSA) is 90.2 Å². The summed E-state index contributed by atoms with van der Waals surface area (Å²) in [6.07, 6.45) is 0.371. The van der Waals surface area contributed by atoms with Gasteiger partial charge in [0.1, 0.15) is 15.2 Å². The van der Waals surface area contributed by atoms with Crippen LogP contribution in [0.3, 0.4) is 0 Å². The first kappa shape index (κ1) is 12.1. The van der Waals surface area contributed by atoms with Crippen LogP contribution in [0, 0.1) is 11.3 Å². The molecule has 1 rings (SSSR count). The molecule has 1 aromatic heterocycles. The van der Waals surface area contributed by atoms with Gasteiger partial charge in [-0.2, -0.15) is 5.26 Å². The second-order valence-electron chi connectivity index (χ2n) is 2.71. The smallest absolute Gasteiger partial charge is 0.250 e. The van der Waals surface area contributed by atoms with Crippen LogP contribution < -0.4 is 4.72 Å². The second kappa shape index (κ2) is 5.23. The number of thiophene rings is 1. The Balaban J connectivity index is 2.74. The molecule has 7 heteroatoms. The third-order valence-electron chi connectivity index (χ3n) is 1.58. The number of hydrogen-bond acceptors (Lipinski definition) is 5. The average molecular weight is 246 g/mol. The number of nitrogens with one attached hydrogen (secondary N) is 1. The lowest BCUT2D eigenvalue weighted by Crippen LogP contribution is -2.24. The molecule has 5 nitrogen and oxygen atoms in total. The summed E-state index contributed by atoms with van der Waals surface area (Å²) in [6, 6.07) is 4.73. The minimum atomic E-state index is -3.52. The van der Waals surface area contributed by atoms with Crippen molar-refractivity contribution in [1.29, 1.82) is 5.26 Å². The van der Waals surface area contributed by atoms with Gasteiger partial charge in [-0.1, -0.05) is 0 Å². The highest BCUT2D eigenvalue weighted by Crippen LogP contribution is 2.20. The summed E-state index contributed by atoms with van der Waals surface area (Å²) in [5, 5.41) is 17.0. The summed E-state index contributed by atoms with van der Waals surface area (Å²) in [4.78, 5) is 0.359. The predicted molar refractivity (Wildman–Crippen MR) is 55.9 cm³/mol. The highest BCUT2D eigenvalue weighted by Gasteiger charge is 2.15. The number of nitrogens with zero attached hydrogens (tertiary/aromatic N) is 1. The summed E-state index contributed by atoms with van der Waals surface area (Å²) in [5.74, 6) is 0. The molecule has 0 aliphatic rings. The van der Waals surface area contributed by atoms with Crippen molar-refractivity contribution in [3.8, 4) is 6.07 Å². The van der Waals surface area contributed by atoms with Gasteiger partial charge in [0, 0.05) is 13.2 Å². The van der Waals surface area contributed by atoms with Crippen LogP contribution in [0.25, 0.3) is 0 Å². The SMILES string of the molecule is N#Cc1ccc(S(=O)(=O)NCCCO)s1. The lowest BCUT2D eigenvalue weighted by Gasteiger charge is -2.02. The molecule has 0 aliphatic carbocycles. The van der Waals surface area contributed by atoms with Crippen LogP contribution >= 0.6 is 11.3 Å². The standard InChI is InChI=1S/C8H10N2O3S2/c9-6-7-2-3-8(14-7)15(12,13)10-4-1-5-11/h2-3,10-11H,1,4-5H2. The zero-order valence-corrected chi connectivity index (χ0v) is 9.44. The van der Waals surface area contributed by atoms with E-state index in [-0.39, 0.29) is 17.4 Å². The Morgan fingerprint density at radius 2 is 2.27 bits per heavy atom. The van der Waals surface area contributed by atoms with Gasteiger partial charge in [-0.05, 0) is 18.6 Å². The average Bonchev–Trinajstić information content (AvgIpc) is 2.66. The van der Waals surface area contributed by atoms with E-state index >= 15 is 0 Å². The third kappa shape index (κ3) is 3.28. The molecule has 0 aromatic carbocycles. The lowest BCUT2D eigenvalue weighted by molar-refractivity contribution is 0.289. The molecular formula is C8H10N2O3S2. The van der Waals surface area contributed by atoms with Crippen LogP contribution in [0.2, 0.25) is 0 Å². The number of aliphatic hydroxyl groups is 1. The molecule has 0 spiro atoms. The molecule has 0 bridgehead atoms. The molecule has 0 radical (unpaired) electrons. The molecule has 1 aromatic rings. The Bertz CT molecular complexity index is 458. The maximum Gasteiger partial charge on any atom is 0.250 e. The second-order valence-corrected chi connectivity index (χ2v) is 5.78. The normalized spacial score (nSPS) is 11.2. The zero-order valence-electron chi connectivity index (χ0n) is 7.80. The third-order valence-corrected chi connectivity index (χ3v) is 4.53. The van der Waals surface area contributed by atoms with E-state index in [4.69, 9.17) is 10.4 Å². The fourth-order valence-electron chi connectivity index (χ4n) is 0.881. The Morgan fingerprint density at radius 3 is 2.80 bits per heavy atom. The first-order valence-corrected chi connectivity index (χ1v) is 6.50. The van der Waals surface area contributed by atoms with E-state index in [9.17, 15) is 8.42 Å². The van der Waals surface area contributed by atoms with E-state index in [0.717, 1.165) is 11.3 Å². The van der Waals surface area contributed by atoms with Gasteiger partial charge in [0.15, 0.2) is 0 Å². The minimum Gasteiger partial charge on any atom is -0.396 e. The molecule has 0 unspecified atom stereocenters. The molecule has 0 aliphatic heterocycles. The molecule has 0 saturated carbocycles. The molecule has 82 valence electrons. The molecule has 15 heavy (non-hydrogen) atoms. The van der Waals surface area contributed by atoms with Crippen LogP contribution in [0.15, 0.2) is 16.3 Å². The Morgan fingerprint density at radius 1 is 1.53 bits per heavy atom. The van der Waals surface area contributed by atoms with Crippen LogP contribution in [0.4, 0.5) is 0 Å². The van der Waals surface area contributed by atoms with Crippen molar-refractivity contribution in [2.75, 3.05) is 13.2 Å². The molecule has 0 fully saturated rings. The highest BCUT2D eigenvalue weighted by molar-refractivity contribution is 7.91. The van der Waals surface area contributed by atoms with Gasteiger partial charge >= 0.3 is 0 Å². The van der Waals surface area contributed by atoms with E-state index < -0.39 is 10.0 Å². The molecule has 1 heterocycles. The summed E-state index contributed by atoms with van der Waals surface area (Å²) in [6.45, 7) is 0.134. The van der Waals surface area contributed by atoms with Gasteiger partial charge in [0.25, 0.3) is 0 Å². The number of hydrogen-bond donors (Lipinski definition) is 2. The van der Waals surface area contributed by atoms with E-state index in [0.29, 0.717) is 11.3 Å². The van der Waals surface area contributed by atoms with Crippen LogP contribution in [-0.2, 0) is 10.0 Å². The van der Waals surface area contributed by atoms with Crippen molar-refractivity contribution in [2.24, 2.45) is 0 Å². The zero-order chi connectivity index (χ0) is 11.3. The van der Waals surface area contributed by atoms with Gasteiger partial charge < -0.3 is 5.11 Å². The van der Waals surface area contributed by atoms with Gasteiger partial charge in [-0.25, -0.2) is 13.1 Å². The molecule has 0 amide bonds. The largest absolute Gasteiger partial charge is 0.396 e. The molecule has 2 N–H and O–H groups in total. The maximum atomic E-state index is 11.5. The van der Waals surface area contributed by atoms with Crippen LogP contribution in [0.5, 0.6) is 0 Å². The molecule has 0 saturated heterocycles. The quantitative estimate of drug-likeness (QED) is 0.730. The molecule has 0 atom stereocenters. The van der Waals surface area contributed by atoms with Crippen molar-refractivity contribution in [3.05, 3.63) is 17.0 Å². The van der Waals surface area contributed by atoms with Gasteiger partial charge in [0.2, 0.25) is 10.0 Å². The number of nitriles is 1. The fourth-order valence-corrected chi connectivity index (χ4v) is 3.10. The summed E-state index contributed by atoms with van der Waals surface area (Å²) in [7, 11) is -3.52. The summed E-state index contributed by atoms with van der Waals surface area (Å²) in [5.41, 5.74) is 0. The van der Waals surface area contributed by atoms with Crippen molar-refractivity contribution in [2.45, 2.75) is 10.6 Å². The number of aliphatic hydroxyl groups excluding tert-OH is 1. The summed E-state index contributed by atoms with van der Waals surface area (Å²) < 4.78 is 25.5. The van der Waals surface area contributed by atoms with Crippen molar-refractivity contribution in [3.63, 3.8) is 0 Å². The van der Waals surface area contributed by atoms with E-state index in [1.54, 1.807) is 0 Å². The number of rotatable bonds is 5. The highest BCUT2D eigenvalue weighted by atomic mass is 32.2. The van der Waals surface area contributed by atoms with Crippen molar-refractivity contribution < 1.29 is 13.5 Å². The number of sulfonamides is 1. The fraction of sp³-hybridized carbons (Fsp3) is 0.375. The predicted octanol–water partition coefficient (Wildman–Crippen LogP) is 0.280. The Labute approximate surface area is 92.0 Å². The van der Waals surface area contributed by atoms with Crippen molar-refractivity contribution >= 4 is 21.4 Å². The van der Waals surface area contributed by atoms with Crippen molar-refractivity contribution in [1.82, 2.24) is 4.72 Å². The summed E-state index contributed by atoms with van der Waals surface area (Å²) >= 11 is 0.924. The van der Waals surface area contributed by atoms with E-state index in [1.165, 1.54) is 12.1 Å². The van der Waals surface area contributed by atoms with Crippen LogP contribution in [-0.4, -0.2) is 26.7 Å².